The topological polar surface area (TPSA) is 29.1 Å². The zero-order chi connectivity index (χ0) is 11.4. The molecule has 0 atom stereocenters. The molecule has 0 saturated carbocycles. The number of rotatable bonds is 2. The van der Waals surface area contributed by atoms with Gasteiger partial charge in [0.2, 0.25) is 0 Å². The molecule has 1 aromatic rings. The van der Waals surface area contributed by atoms with E-state index in [0.717, 1.165) is 15.7 Å². The number of hydrogen-bond acceptors (Lipinski definition) is 1. The molecule has 0 radical (unpaired) electrons. The standard InChI is InChI=1S/C12H14BrNO/c1-8(2)9(3)14-12(15)10-5-4-6-11(13)7-10/h4-7H,1-3H3,(H,14,15). The van der Waals surface area contributed by atoms with Gasteiger partial charge in [-0.15, -0.1) is 0 Å². The van der Waals surface area contributed by atoms with Crippen molar-refractivity contribution in [2.24, 2.45) is 0 Å². The van der Waals surface area contributed by atoms with Crippen LogP contribution in [0, 0.1) is 0 Å². The molecule has 0 saturated heterocycles. The van der Waals surface area contributed by atoms with Gasteiger partial charge in [0.05, 0.1) is 0 Å². The van der Waals surface area contributed by atoms with Crippen LogP contribution in [0.3, 0.4) is 0 Å². The normalized spacial score (nSPS) is 9.60. The summed E-state index contributed by atoms with van der Waals surface area (Å²) in [7, 11) is 0. The van der Waals surface area contributed by atoms with Gasteiger partial charge < -0.3 is 5.32 Å². The first kappa shape index (κ1) is 12.0. The number of carbonyl (C=O) groups is 1. The summed E-state index contributed by atoms with van der Waals surface area (Å²) in [6.45, 7) is 5.83. The summed E-state index contributed by atoms with van der Waals surface area (Å²) < 4.78 is 0.907. The molecule has 0 aromatic heterocycles. The first-order chi connectivity index (χ1) is 7.00. The average molecular weight is 268 g/mol. The van der Waals surface area contributed by atoms with Crippen molar-refractivity contribution in [3.05, 3.63) is 45.6 Å². The van der Waals surface area contributed by atoms with Crippen LogP contribution < -0.4 is 5.32 Å². The molecule has 1 aromatic carbocycles. The van der Waals surface area contributed by atoms with E-state index >= 15 is 0 Å². The number of allylic oxidation sites excluding steroid dienone is 2. The fourth-order valence-electron chi connectivity index (χ4n) is 0.997. The van der Waals surface area contributed by atoms with Crippen molar-refractivity contribution in [2.45, 2.75) is 20.8 Å². The second-order valence-corrected chi connectivity index (χ2v) is 4.51. The summed E-state index contributed by atoms with van der Waals surface area (Å²) in [5.41, 5.74) is 2.67. The predicted octanol–water partition coefficient (Wildman–Crippen LogP) is 3.49. The highest BCUT2D eigenvalue weighted by atomic mass is 79.9. The maximum absolute atomic E-state index is 11.7. The largest absolute Gasteiger partial charge is 0.326 e. The molecule has 0 spiro atoms. The molecule has 1 N–H and O–H groups in total. The summed E-state index contributed by atoms with van der Waals surface area (Å²) in [4.78, 5) is 11.7. The minimum atomic E-state index is -0.0741. The van der Waals surface area contributed by atoms with Crippen LogP contribution >= 0.6 is 15.9 Å². The van der Waals surface area contributed by atoms with Crippen LogP contribution in [0.15, 0.2) is 40.0 Å². The third-order valence-electron chi connectivity index (χ3n) is 2.14. The van der Waals surface area contributed by atoms with Crippen LogP contribution in [-0.4, -0.2) is 5.91 Å². The third-order valence-corrected chi connectivity index (χ3v) is 2.63. The lowest BCUT2D eigenvalue weighted by Gasteiger charge is -2.07. The maximum Gasteiger partial charge on any atom is 0.255 e. The van der Waals surface area contributed by atoms with Crippen molar-refractivity contribution in [2.75, 3.05) is 0 Å². The molecule has 2 nitrogen and oxygen atoms in total. The van der Waals surface area contributed by atoms with Gasteiger partial charge in [0.1, 0.15) is 0 Å². The number of benzene rings is 1. The molecule has 0 aliphatic rings. The Labute approximate surface area is 98.5 Å². The van der Waals surface area contributed by atoms with Gasteiger partial charge >= 0.3 is 0 Å². The Morgan fingerprint density at radius 1 is 1.27 bits per heavy atom. The molecule has 0 fully saturated rings. The van der Waals surface area contributed by atoms with Gasteiger partial charge in [-0.25, -0.2) is 0 Å². The van der Waals surface area contributed by atoms with Gasteiger partial charge in [-0.1, -0.05) is 27.6 Å². The van der Waals surface area contributed by atoms with E-state index in [1.54, 1.807) is 12.1 Å². The highest BCUT2D eigenvalue weighted by Crippen LogP contribution is 2.12. The SMILES string of the molecule is CC(C)=C(C)NC(=O)c1cccc(Br)c1. The highest BCUT2D eigenvalue weighted by Gasteiger charge is 2.05. The van der Waals surface area contributed by atoms with Gasteiger partial charge in [0.25, 0.3) is 5.91 Å². The monoisotopic (exact) mass is 267 g/mol. The second-order valence-electron chi connectivity index (χ2n) is 3.59. The van der Waals surface area contributed by atoms with Crippen LogP contribution in [0.5, 0.6) is 0 Å². The molecule has 0 unspecified atom stereocenters. The smallest absolute Gasteiger partial charge is 0.255 e. The lowest BCUT2D eigenvalue weighted by molar-refractivity contribution is 0.0965. The van der Waals surface area contributed by atoms with E-state index in [-0.39, 0.29) is 5.91 Å². The number of amides is 1. The summed E-state index contributed by atoms with van der Waals surface area (Å²) in [5.74, 6) is -0.0741. The summed E-state index contributed by atoms with van der Waals surface area (Å²) >= 11 is 3.33. The molecule has 0 heterocycles. The number of hydrogen-bond donors (Lipinski definition) is 1. The molecule has 1 rings (SSSR count). The van der Waals surface area contributed by atoms with Crippen molar-refractivity contribution in [3.8, 4) is 0 Å². The first-order valence-corrected chi connectivity index (χ1v) is 5.51. The maximum atomic E-state index is 11.7. The van der Waals surface area contributed by atoms with Gasteiger partial charge in [0, 0.05) is 15.7 Å². The van der Waals surface area contributed by atoms with Crippen LogP contribution in [0.1, 0.15) is 31.1 Å². The second kappa shape index (κ2) is 5.12. The lowest BCUT2D eigenvalue weighted by Crippen LogP contribution is -2.21. The molecular weight excluding hydrogens is 254 g/mol. The van der Waals surface area contributed by atoms with E-state index in [1.165, 1.54) is 0 Å². The van der Waals surface area contributed by atoms with E-state index in [2.05, 4.69) is 21.2 Å². The molecule has 3 heteroatoms. The Balaban J connectivity index is 2.83. The molecular formula is C12H14BrNO. The molecule has 0 aliphatic heterocycles. The van der Waals surface area contributed by atoms with Gasteiger partial charge in [-0.3, -0.25) is 4.79 Å². The average Bonchev–Trinajstić information content (AvgIpc) is 2.17. The number of carbonyl (C=O) groups excluding carboxylic acids is 1. The van der Waals surface area contributed by atoms with E-state index in [0.29, 0.717) is 5.56 Å². The Morgan fingerprint density at radius 2 is 1.93 bits per heavy atom. The first-order valence-electron chi connectivity index (χ1n) is 4.71. The van der Waals surface area contributed by atoms with Gasteiger partial charge in [-0.05, 0) is 39.0 Å². The van der Waals surface area contributed by atoms with Crippen molar-refractivity contribution in [1.29, 1.82) is 0 Å². The Morgan fingerprint density at radius 3 is 2.47 bits per heavy atom. The summed E-state index contributed by atoms with van der Waals surface area (Å²) in [5, 5.41) is 2.84. The van der Waals surface area contributed by atoms with Crippen LogP contribution in [0.25, 0.3) is 0 Å². The highest BCUT2D eigenvalue weighted by molar-refractivity contribution is 9.10. The third kappa shape index (κ3) is 3.51. The molecule has 0 aliphatic carbocycles. The quantitative estimate of drug-likeness (QED) is 0.873. The molecule has 1 amide bonds. The summed E-state index contributed by atoms with van der Waals surface area (Å²) in [6.07, 6.45) is 0. The van der Waals surface area contributed by atoms with Crippen molar-refractivity contribution in [3.63, 3.8) is 0 Å². The Bertz CT molecular complexity index is 406. The van der Waals surface area contributed by atoms with E-state index < -0.39 is 0 Å². The zero-order valence-electron chi connectivity index (χ0n) is 9.10. The summed E-state index contributed by atoms with van der Waals surface area (Å²) in [6, 6.07) is 7.33. The zero-order valence-corrected chi connectivity index (χ0v) is 10.7. The van der Waals surface area contributed by atoms with Crippen LogP contribution in [-0.2, 0) is 0 Å². The van der Waals surface area contributed by atoms with E-state index in [1.807, 2.05) is 32.9 Å². The molecule has 15 heavy (non-hydrogen) atoms. The number of halogens is 1. The minimum Gasteiger partial charge on any atom is -0.326 e. The van der Waals surface area contributed by atoms with Crippen molar-refractivity contribution >= 4 is 21.8 Å². The number of nitrogens with one attached hydrogen (secondary N) is 1. The van der Waals surface area contributed by atoms with Gasteiger partial charge in [0.15, 0.2) is 0 Å². The predicted molar refractivity (Wildman–Crippen MR) is 65.7 cm³/mol. The minimum absolute atomic E-state index is 0.0741. The van der Waals surface area contributed by atoms with Gasteiger partial charge in [-0.2, -0.15) is 0 Å². The van der Waals surface area contributed by atoms with Crippen LogP contribution in [0.4, 0.5) is 0 Å². The van der Waals surface area contributed by atoms with Crippen molar-refractivity contribution in [1.82, 2.24) is 5.32 Å². The Hall–Kier alpha value is -1.09. The van der Waals surface area contributed by atoms with E-state index in [9.17, 15) is 4.79 Å². The van der Waals surface area contributed by atoms with Crippen molar-refractivity contribution < 1.29 is 4.79 Å². The van der Waals surface area contributed by atoms with E-state index in [4.69, 9.17) is 0 Å². The fraction of sp³-hybridized carbons (Fsp3) is 0.250. The Kier molecular flexibility index (Phi) is 4.09. The lowest BCUT2D eigenvalue weighted by atomic mass is 10.2. The molecule has 0 bridgehead atoms. The van der Waals surface area contributed by atoms with Crippen LogP contribution in [0.2, 0.25) is 0 Å². The molecule has 80 valence electrons. The fourth-order valence-corrected chi connectivity index (χ4v) is 1.40.